The van der Waals surface area contributed by atoms with E-state index in [0.717, 1.165) is 5.69 Å². The summed E-state index contributed by atoms with van der Waals surface area (Å²) in [5, 5.41) is 4.96. The summed E-state index contributed by atoms with van der Waals surface area (Å²) >= 11 is 1.33. The molecule has 1 aromatic heterocycles. The zero-order valence-electron chi connectivity index (χ0n) is 14.7. The lowest BCUT2D eigenvalue weighted by Crippen LogP contribution is -2.41. The summed E-state index contributed by atoms with van der Waals surface area (Å²) in [6, 6.07) is 9.71. The fourth-order valence-corrected chi connectivity index (χ4v) is 3.56. The van der Waals surface area contributed by atoms with Crippen LogP contribution >= 0.6 is 11.8 Å². The van der Waals surface area contributed by atoms with Crippen LogP contribution in [0.5, 0.6) is 0 Å². The molecule has 8 heteroatoms. The SMILES string of the molecule is CCOC(=O)C1CCN(C(=O)CSc2ncn(-c3ccccc3)n2)CC1. The lowest BCUT2D eigenvalue weighted by Gasteiger charge is -2.30. The number of rotatable bonds is 6. The summed E-state index contributed by atoms with van der Waals surface area (Å²) in [4.78, 5) is 30.2. The Hall–Kier alpha value is -2.35. The molecule has 0 unspecified atom stereocenters. The van der Waals surface area contributed by atoms with Gasteiger partial charge in [-0.2, -0.15) is 0 Å². The first kappa shape index (κ1) is 18.4. The molecule has 1 aliphatic rings. The number of aromatic nitrogens is 3. The zero-order chi connectivity index (χ0) is 18.4. The van der Waals surface area contributed by atoms with Crippen LogP contribution in [0.3, 0.4) is 0 Å². The third-order valence-electron chi connectivity index (χ3n) is 4.28. The Morgan fingerprint density at radius 1 is 1.23 bits per heavy atom. The van der Waals surface area contributed by atoms with Crippen LogP contribution in [0.2, 0.25) is 0 Å². The second-order valence-electron chi connectivity index (χ2n) is 6.00. The van der Waals surface area contributed by atoms with E-state index in [0.29, 0.717) is 43.4 Å². The maximum atomic E-state index is 12.4. The molecule has 0 spiro atoms. The smallest absolute Gasteiger partial charge is 0.309 e. The molecule has 1 aromatic carbocycles. The number of carbonyl (C=O) groups excluding carboxylic acids is 2. The fourth-order valence-electron chi connectivity index (χ4n) is 2.86. The van der Waals surface area contributed by atoms with Crippen LogP contribution < -0.4 is 0 Å². The minimum Gasteiger partial charge on any atom is -0.466 e. The molecule has 138 valence electrons. The molecule has 2 aromatic rings. The van der Waals surface area contributed by atoms with E-state index < -0.39 is 0 Å². The van der Waals surface area contributed by atoms with E-state index in [2.05, 4.69) is 10.1 Å². The van der Waals surface area contributed by atoms with Gasteiger partial charge in [-0.3, -0.25) is 9.59 Å². The number of amides is 1. The van der Waals surface area contributed by atoms with Gasteiger partial charge in [0.15, 0.2) is 0 Å². The molecule has 3 rings (SSSR count). The van der Waals surface area contributed by atoms with Crippen LogP contribution in [0.1, 0.15) is 19.8 Å². The van der Waals surface area contributed by atoms with Gasteiger partial charge in [-0.15, -0.1) is 5.10 Å². The number of piperidine rings is 1. The summed E-state index contributed by atoms with van der Waals surface area (Å²) < 4.78 is 6.75. The van der Waals surface area contributed by atoms with Crippen LogP contribution in [0.25, 0.3) is 5.69 Å². The Bertz CT molecular complexity index is 742. The maximum Gasteiger partial charge on any atom is 0.309 e. The summed E-state index contributed by atoms with van der Waals surface area (Å²) in [5.74, 6) is 0.107. The standard InChI is InChI=1S/C18H22N4O3S/c1-2-25-17(24)14-8-10-21(11-9-14)16(23)12-26-18-19-13-22(20-18)15-6-4-3-5-7-15/h3-7,13-14H,2,8-12H2,1H3. The monoisotopic (exact) mass is 374 g/mol. The Kier molecular flexibility index (Phi) is 6.27. The highest BCUT2D eigenvalue weighted by molar-refractivity contribution is 7.99. The lowest BCUT2D eigenvalue weighted by atomic mass is 9.97. The van der Waals surface area contributed by atoms with Crippen LogP contribution in [-0.2, 0) is 14.3 Å². The molecule has 1 amide bonds. The van der Waals surface area contributed by atoms with Crippen molar-refractivity contribution in [3.05, 3.63) is 36.7 Å². The van der Waals surface area contributed by atoms with Crippen molar-refractivity contribution < 1.29 is 14.3 Å². The number of carbonyl (C=O) groups is 2. The Labute approximate surface area is 156 Å². The average molecular weight is 374 g/mol. The van der Waals surface area contributed by atoms with E-state index in [-0.39, 0.29) is 17.8 Å². The van der Waals surface area contributed by atoms with Gasteiger partial charge < -0.3 is 9.64 Å². The van der Waals surface area contributed by atoms with E-state index in [4.69, 9.17) is 4.74 Å². The predicted molar refractivity (Wildman–Crippen MR) is 98.0 cm³/mol. The highest BCUT2D eigenvalue weighted by Crippen LogP contribution is 2.21. The van der Waals surface area contributed by atoms with E-state index in [1.165, 1.54) is 11.8 Å². The van der Waals surface area contributed by atoms with Crippen LogP contribution in [-0.4, -0.2) is 57.0 Å². The minimum atomic E-state index is -0.148. The number of nitrogens with zero attached hydrogens (tertiary/aromatic N) is 4. The van der Waals surface area contributed by atoms with Gasteiger partial charge in [-0.25, -0.2) is 9.67 Å². The molecule has 2 heterocycles. The second-order valence-corrected chi connectivity index (χ2v) is 6.95. The molecule has 0 aliphatic carbocycles. The summed E-state index contributed by atoms with van der Waals surface area (Å²) in [6.07, 6.45) is 2.97. The van der Waals surface area contributed by atoms with Crippen molar-refractivity contribution in [3.63, 3.8) is 0 Å². The Morgan fingerprint density at radius 2 is 1.96 bits per heavy atom. The highest BCUT2D eigenvalue weighted by atomic mass is 32.2. The number of thioether (sulfide) groups is 1. The molecular weight excluding hydrogens is 352 g/mol. The van der Waals surface area contributed by atoms with Gasteiger partial charge in [-0.1, -0.05) is 30.0 Å². The van der Waals surface area contributed by atoms with Crippen molar-refractivity contribution in [2.24, 2.45) is 5.92 Å². The topological polar surface area (TPSA) is 77.3 Å². The molecular formula is C18H22N4O3S. The average Bonchev–Trinajstić information content (AvgIpc) is 3.16. The Balaban J connectivity index is 1.46. The minimum absolute atomic E-state index is 0.0494. The third kappa shape index (κ3) is 4.63. The number of esters is 1. The van der Waals surface area contributed by atoms with Crippen molar-refractivity contribution in [1.29, 1.82) is 0 Å². The molecule has 7 nitrogen and oxygen atoms in total. The first-order chi connectivity index (χ1) is 12.7. The number of para-hydroxylation sites is 1. The Morgan fingerprint density at radius 3 is 2.65 bits per heavy atom. The zero-order valence-corrected chi connectivity index (χ0v) is 15.5. The summed E-state index contributed by atoms with van der Waals surface area (Å²) in [7, 11) is 0. The van der Waals surface area contributed by atoms with Gasteiger partial charge in [0, 0.05) is 13.1 Å². The van der Waals surface area contributed by atoms with Gasteiger partial charge in [0.05, 0.1) is 24.0 Å². The molecule has 0 atom stereocenters. The normalized spacial score (nSPS) is 15.0. The van der Waals surface area contributed by atoms with Crippen molar-refractivity contribution in [3.8, 4) is 5.69 Å². The molecule has 0 saturated carbocycles. The van der Waals surface area contributed by atoms with Gasteiger partial charge in [-0.05, 0) is 31.9 Å². The second kappa shape index (κ2) is 8.84. The number of likely N-dealkylation sites (tertiary alicyclic amines) is 1. The molecule has 1 fully saturated rings. The lowest BCUT2D eigenvalue weighted by molar-refractivity contribution is -0.151. The van der Waals surface area contributed by atoms with Gasteiger partial charge in [0.2, 0.25) is 11.1 Å². The molecule has 1 saturated heterocycles. The van der Waals surface area contributed by atoms with Crippen molar-refractivity contribution in [2.75, 3.05) is 25.4 Å². The van der Waals surface area contributed by atoms with E-state index in [1.54, 1.807) is 22.8 Å². The van der Waals surface area contributed by atoms with Gasteiger partial charge in [0.25, 0.3) is 0 Å². The first-order valence-electron chi connectivity index (χ1n) is 8.71. The largest absolute Gasteiger partial charge is 0.466 e. The highest BCUT2D eigenvalue weighted by Gasteiger charge is 2.28. The number of hydrogen-bond donors (Lipinski definition) is 0. The summed E-state index contributed by atoms with van der Waals surface area (Å²) in [6.45, 7) is 3.39. The predicted octanol–water partition coefficient (Wildman–Crippen LogP) is 2.16. The number of benzene rings is 1. The van der Waals surface area contributed by atoms with Crippen LogP contribution in [0.4, 0.5) is 0 Å². The van der Waals surface area contributed by atoms with Crippen LogP contribution in [0.15, 0.2) is 41.8 Å². The molecule has 0 bridgehead atoms. The molecule has 0 radical (unpaired) electrons. The van der Waals surface area contributed by atoms with E-state index in [9.17, 15) is 9.59 Å². The number of ether oxygens (including phenoxy) is 1. The molecule has 0 N–H and O–H groups in total. The maximum absolute atomic E-state index is 12.4. The van der Waals surface area contributed by atoms with Crippen molar-refractivity contribution in [1.82, 2.24) is 19.7 Å². The van der Waals surface area contributed by atoms with Gasteiger partial charge >= 0.3 is 5.97 Å². The molecule has 1 aliphatic heterocycles. The molecule has 26 heavy (non-hydrogen) atoms. The fraction of sp³-hybridized carbons (Fsp3) is 0.444. The third-order valence-corrected chi connectivity index (χ3v) is 5.12. The summed E-state index contributed by atoms with van der Waals surface area (Å²) in [5.41, 5.74) is 0.930. The van der Waals surface area contributed by atoms with Gasteiger partial charge in [0.1, 0.15) is 6.33 Å². The first-order valence-corrected chi connectivity index (χ1v) is 9.70. The number of hydrogen-bond acceptors (Lipinski definition) is 6. The van der Waals surface area contributed by atoms with Crippen molar-refractivity contribution >= 4 is 23.6 Å². The van der Waals surface area contributed by atoms with E-state index >= 15 is 0 Å². The quantitative estimate of drug-likeness (QED) is 0.570. The van der Waals surface area contributed by atoms with E-state index in [1.807, 2.05) is 30.3 Å². The van der Waals surface area contributed by atoms with Crippen molar-refractivity contribution in [2.45, 2.75) is 24.9 Å². The van der Waals surface area contributed by atoms with Crippen LogP contribution in [0, 0.1) is 5.92 Å².